The van der Waals surface area contributed by atoms with Gasteiger partial charge in [0.2, 0.25) is 0 Å². The predicted octanol–water partition coefficient (Wildman–Crippen LogP) is 3.41. The maximum absolute atomic E-state index is 12.3. The van der Waals surface area contributed by atoms with Crippen LogP contribution in [0.3, 0.4) is 0 Å². The van der Waals surface area contributed by atoms with Crippen LogP contribution >= 0.6 is 11.8 Å². The molecule has 0 unspecified atom stereocenters. The lowest BCUT2D eigenvalue weighted by Crippen LogP contribution is -2.20. The summed E-state index contributed by atoms with van der Waals surface area (Å²) in [5.74, 6) is 1.60. The first-order valence-electron chi connectivity index (χ1n) is 7.43. The Labute approximate surface area is 139 Å². The minimum Gasteiger partial charge on any atom is -0.493 e. The lowest BCUT2D eigenvalue weighted by molar-refractivity contribution is 0.343. The fourth-order valence-corrected chi connectivity index (χ4v) is 3.11. The maximum Gasteiger partial charge on any atom is 0.261 e. The molecular formula is C18H18N2O2S. The molecule has 0 amide bonds. The number of thioether (sulfide) groups is 1. The first kappa shape index (κ1) is 15.6. The number of benzene rings is 2. The highest BCUT2D eigenvalue weighted by molar-refractivity contribution is 7.99. The van der Waals surface area contributed by atoms with Crippen LogP contribution in [-0.4, -0.2) is 21.9 Å². The third-order valence-corrected chi connectivity index (χ3v) is 4.51. The van der Waals surface area contributed by atoms with E-state index in [1.54, 1.807) is 17.7 Å². The minimum absolute atomic E-state index is 0.0160. The van der Waals surface area contributed by atoms with E-state index in [4.69, 9.17) is 4.74 Å². The molecule has 3 rings (SSSR count). The fraction of sp³-hybridized carbons (Fsp3) is 0.222. The van der Waals surface area contributed by atoms with E-state index in [2.05, 4.69) is 4.98 Å². The highest BCUT2D eigenvalue weighted by Crippen LogP contribution is 2.18. The van der Waals surface area contributed by atoms with E-state index in [-0.39, 0.29) is 5.56 Å². The molecule has 3 aromatic rings. The summed E-state index contributed by atoms with van der Waals surface area (Å²) in [4.78, 5) is 16.9. The number of nitrogens with zero attached hydrogens (tertiary/aromatic N) is 2. The quantitative estimate of drug-likeness (QED) is 0.409. The van der Waals surface area contributed by atoms with Gasteiger partial charge in [0.15, 0.2) is 5.16 Å². The molecule has 4 nitrogen and oxygen atoms in total. The highest BCUT2D eigenvalue weighted by atomic mass is 32.2. The van der Waals surface area contributed by atoms with E-state index in [0.717, 1.165) is 17.0 Å². The Hall–Kier alpha value is -2.27. The molecule has 0 aliphatic carbocycles. The summed E-state index contributed by atoms with van der Waals surface area (Å²) in [7, 11) is 1.76. The summed E-state index contributed by atoms with van der Waals surface area (Å²) in [6, 6.07) is 15.4. The van der Waals surface area contributed by atoms with Crippen molar-refractivity contribution >= 4 is 22.7 Å². The lowest BCUT2D eigenvalue weighted by Gasteiger charge is -2.09. The van der Waals surface area contributed by atoms with Gasteiger partial charge in [-0.1, -0.05) is 36.0 Å². The van der Waals surface area contributed by atoms with Gasteiger partial charge in [-0.15, -0.1) is 0 Å². The van der Waals surface area contributed by atoms with Gasteiger partial charge in [0.05, 0.1) is 17.5 Å². The Morgan fingerprint density at radius 2 is 2.00 bits per heavy atom. The van der Waals surface area contributed by atoms with Crippen LogP contribution in [0.4, 0.5) is 0 Å². The van der Waals surface area contributed by atoms with Gasteiger partial charge in [0.1, 0.15) is 5.75 Å². The van der Waals surface area contributed by atoms with Crippen molar-refractivity contribution in [2.45, 2.75) is 12.1 Å². The van der Waals surface area contributed by atoms with Crippen molar-refractivity contribution in [3.63, 3.8) is 0 Å². The highest BCUT2D eigenvalue weighted by Gasteiger charge is 2.08. The second kappa shape index (κ2) is 6.87. The zero-order chi connectivity index (χ0) is 16.2. The summed E-state index contributed by atoms with van der Waals surface area (Å²) in [5, 5.41) is 1.36. The molecular weight excluding hydrogens is 308 g/mol. The molecule has 5 heteroatoms. The molecule has 2 aromatic carbocycles. The topological polar surface area (TPSA) is 44.1 Å². The molecule has 0 N–H and O–H groups in total. The van der Waals surface area contributed by atoms with Crippen LogP contribution in [-0.2, 0) is 7.05 Å². The van der Waals surface area contributed by atoms with Gasteiger partial charge in [0, 0.05) is 12.8 Å². The Morgan fingerprint density at radius 1 is 1.17 bits per heavy atom. The first-order valence-corrected chi connectivity index (χ1v) is 8.42. The van der Waals surface area contributed by atoms with Crippen molar-refractivity contribution in [1.82, 2.24) is 9.55 Å². The Balaban J connectivity index is 1.68. The lowest BCUT2D eigenvalue weighted by atomic mass is 10.2. The first-order chi connectivity index (χ1) is 11.1. The molecule has 0 saturated heterocycles. The van der Waals surface area contributed by atoms with Crippen molar-refractivity contribution in [3.8, 4) is 5.75 Å². The number of hydrogen-bond donors (Lipinski definition) is 0. The molecule has 0 fully saturated rings. The summed E-state index contributed by atoms with van der Waals surface area (Å²) in [6.45, 7) is 2.60. The van der Waals surface area contributed by atoms with Gasteiger partial charge in [-0.3, -0.25) is 9.36 Å². The largest absolute Gasteiger partial charge is 0.493 e. The average molecular weight is 326 g/mol. The molecule has 0 aliphatic rings. The Bertz CT molecular complexity index is 890. The smallest absolute Gasteiger partial charge is 0.261 e. The van der Waals surface area contributed by atoms with Crippen LogP contribution in [0.15, 0.2) is 58.5 Å². The van der Waals surface area contributed by atoms with Crippen LogP contribution in [0, 0.1) is 6.92 Å². The average Bonchev–Trinajstić information content (AvgIpc) is 2.56. The van der Waals surface area contributed by atoms with E-state index in [1.807, 2.05) is 49.4 Å². The Morgan fingerprint density at radius 3 is 2.83 bits per heavy atom. The second-order valence-corrected chi connectivity index (χ2v) is 6.35. The van der Waals surface area contributed by atoms with Gasteiger partial charge < -0.3 is 4.74 Å². The van der Waals surface area contributed by atoms with Gasteiger partial charge >= 0.3 is 0 Å². The molecule has 0 aliphatic heterocycles. The number of hydrogen-bond acceptors (Lipinski definition) is 4. The molecule has 118 valence electrons. The maximum atomic E-state index is 12.3. The van der Waals surface area contributed by atoms with Crippen molar-refractivity contribution < 1.29 is 4.74 Å². The number of rotatable bonds is 5. The normalized spacial score (nSPS) is 10.9. The molecule has 0 saturated carbocycles. The van der Waals surface area contributed by atoms with Crippen molar-refractivity contribution in [2.75, 3.05) is 12.4 Å². The van der Waals surface area contributed by atoms with E-state index >= 15 is 0 Å². The van der Waals surface area contributed by atoms with Crippen LogP contribution < -0.4 is 10.3 Å². The van der Waals surface area contributed by atoms with Crippen molar-refractivity contribution in [1.29, 1.82) is 0 Å². The molecule has 0 spiro atoms. The molecule has 0 radical (unpaired) electrons. The third-order valence-electron chi connectivity index (χ3n) is 3.51. The number of aromatic nitrogens is 2. The van der Waals surface area contributed by atoms with Gasteiger partial charge in [0.25, 0.3) is 5.56 Å². The zero-order valence-corrected chi connectivity index (χ0v) is 14.0. The predicted molar refractivity (Wildman–Crippen MR) is 94.4 cm³/mol. The number of aryl methyl sites for hydroxylation is 1. The van der Waals surface area contributed by atoms with E-state index in [9.17, 15) is 4.79 Å². The van der Waals surface area contributed by atoms with Crippen LogP contribution in [0.25, 0.3) is 10.9 Å². The molecule has 23 heavy (non-hydrogen) atoms. The SMILES string of the molecule is Cc1cccc(OCCSc2nc3ccccc3c(=O)n2C)c1. The van der Waals surface area contributed by atoms with Crippen LogP contribution in [0.5, 0.6) is 5.75 Å². The number of ether oxygens (including phenoxy) is 1. The summed E-state index contributed by atoms with van der Waals surface area (Å²) >= 11 is 1.53. The summed E-state index contributed by atoms with van der Waals surface area (Å²) in [6.07, 6.45) is 0. The fourth-order valence-electron chi connectivity index (χ4n) is 2.32. The van der Waals surface area contributed by atoms with Crippen LogP contribution in [0.2, 0.25) is 0 Å². The zero-order valence-electron chi connectivity index (χ0n) is 13.2. The van der Waals surface area contributed by atoms with Gasteiger partial charge in [-0.2, -0.15) is 0 Å². The molecule has 0 bridgehead atoms. The summed E-state index contributed by atoms with van der Waals surface area (Å²) < 4.78 is 7.33. The minimum atomic E-state index is -0.0160. The summed E-state index contributed by atoms with van der Waals surface area (Å²) in [5.41, 5.74) is 1.89. The van der Waals surface area contributed by atoms with Crippen molar-refractivity contribution in [2.24, 2.45) is 7.05 Å². The second-order valence-electron chi connectivity index (χ2n) is 5.29. The number of para-hydroxylation sites is 1. The van der Waals surface area contributed by atoms with Crippen molar-refractivity contribution in [3.05, 3.63) is 64.4 Å². The van der Waals surface area contributed by atoms with Gasteiger partial charge in [-0.05, 0) is 36.8 Å². The monoisotopic (exact) mass is 326 g/mol. The molecule has 1 aromatic heterocycles. The van der Waals surface area contributed by atoms with E-state index < -0.39 is 0 Å². The van der Waals surface area contributed by atoms with E-state index in [1.165, 1.54) is 17.3 Å². The number of fused-ring (bicyclic) bond motifs is 1. The Kier molecular flexibility index (Phi) is 4.67. The standard InChI is InChI=1S/C18H18N2O2S/c1-13-6-5-7-14(12-13)22-10-11-23-18-19-16-9-4-3-8-15(16)17(21)20(18)2/h3-9,12H,10-11H2,1-2H3. The van der Waals surface area contributed by atoms with Gasteiger partial charge in [-0.25, -0.2) is 4.98 Å². The molecule has 0 atom stereocenters. The third kappa shape index (κ3) is 3.56. The van der Waals surface area contributed by atoms with E-state index in [0.29, 0.717) is 17.1 Å². The van der Waals surface area contributed by atoms with Crippen LogP contribution in [0.1, 0.15) is 5.56 Å². The molecule has 1 heterocycles.